The van der Waals surface area contributed by atoms with E-state index in [9.17, 15) is 0 Å². The van der Waals surface area contributed by atoms with Gasteiger partial charge in [0, 0.05) is 0 Å². The van der Waals surface area contributed by atoms with Gasteiger partial charge in [-0.1, -0.05) is 13.3 Å². The van der Waals surface area contributed by atoms with Gasteiger partial charge in [-0.15, -0.1) is 0 Å². The topological polar surface area (TPSA) is 12.0 Å². The summed E-state index contributed by atoms with van der Waals surface area (Å²) >= 11 is 0. The fourth-order valence-electron chi connectivity index (χ4n) is 3.76. The third-order valence-electron chi connectivity index (χ3n) is 4.97. The van der Waals surface area contributed by atoms with Crippen molar-refractivity contribution in [1.82, 2.24) is 5.32 Å². The van der Waals surface area contributed by atoms with E-state index in [1.165, 1.54) is 32.4 Å². The van der Waals surface area contributed by atoms with Crippen molar-refractivity contribution in [2.45, 2.75) is 39.0 Å². The molecule has 1 nitrogen and oxygen atoms in total. The third kappa shape index (κ3) is 1.71. The molecule has 5 unspecified atom stereocenters. The second-order valence-electron chi connectivity index (χ2n) is 6.07. The predicted molar refractivity (Wildman–Crippen MR) is 59.1 cm³/mol. The Labute approximate surface area is 87.7 Å². The largest absolute Gasteiger partial charge is 0.316 e. The van der Waals surface area contributed by atoms with Gasteiger partial charge in [-0.3, -0.25) is 0 Å². The minimum absolute atomic E-state index is 1.02. The van der Waals surface area contributed by atoms with Crippen LogP contribution in [0.5, 0.6) is 0 Å². The molecule has 80 valence electrons. The van der Waals surface area contributed by atoms with Gasteiger partial charge in [-0.25, -0.2) is 0 Å². The average molecular weight is 193 g/mol. The Morgan fingerprint density at radius 2 is 1.79 bits per heavy atom. The molecule has 0 aromatic rings. The summed E-state index contributed by atoms with van der Waals surface area (Å²) in [6.45, 7) is 5.00. The van der Waals surface area contributed by atoms with E-state index in [1.54, 1.807) is 12.8 Å². The van der Waals surface area contributed by atoms with Crippen LogP contribution >= 0.6 is 0 Å². The number of nitrogens with one attached hydrogen (secondary N) is 1. The smallest absolute Gasteiger partial charge is 0.00176 e. The summed E-state index contributed by atoms with van der Waals surface area (Å²) in [6.07, 6.45) is 7.66. The first-order chi connectivity index (χ1) is 6.83. The molecule has 3 fully saturated rings. The fourth-order valence-corrected chi connectivity index (χ4v) is 3.76. The number of rotatable bonds is 4. The number of hydrogen-bond acceptors (Lipinski definition) is 1. The van der Waals surface area contributed by atoms with Crippen molar-refractivity contribution in [1.29, 1.82) is 0 Å². The Balaban J connectivity index is 1.37. The van der Waals surface area contributed by atoms with Crippen LogP contribution in [0.3, 0.4) is 0 Å². The molecule has 0 amide bonds. The maximum atomic E-state index is 3.70. The van der Waals surface area contributed by atoms with Gasteiger partial charge < -0.3 is 5.32 Å². The molecular formula is C13H23N. The number of hydrogen-bond donors (Lipinski definition) is 1. The van der Waals surface area contributed by atoms with Gasteiger partial charge in [0.15, 0.2) is 0 Å². The van der Waals surface area contributed by atoms with Crippen LogP contribution in [0.15, 0.2) is 0 Å². The van der Waals surface area contributed by atoms with E-state index in [1.807, 2.05) is 0 Å². The first-order valence-corrected chi connectivity index (χ1v) is 6.53. The number of fused-ring (bicyclic) bond motifs is 2. The zero-order chi connectivity index (χ0) is 9.54. The molecule has 0 aromatic carbocycles. The highest BCUT2D eigenvalue weighted by atomic mass is 14.9. The van der Waals surface area contributed by atoms with Crippen LogP contribution in [0.25, 0.3) is 0 Å². The maximum Gasteiger partial charge on any atom is -0.00176 e. The van der Waals surface area contributed by atoms with Crippen molar-refractivity contribution in [2.75, 3.05) is 13.1 Å². The second-order valence-corrected chi connectivity index (χ2v) is 6.07. The molecule has 3 rings (SSSR count). The highest BCUT2D eigenvalue weighted by Crippen LogP contribution is 2.48. The van der Waals surface area contributed by atoms with Crippen molar-refractivity contribution in [2.24, 2.45) is 29.6 Å². The monoisotopic (exact) mass is 193 g/mol. The van der Waals surface area contributed by atoms with Crippen molar-refractivity contribution in [3.05, 3.63) is 0 Å². The molecule has 0 heterocycles. The van der Waals surface area contributed by atoms with Crippen LogP contribution in [-0.4, -0.2) is 13.1 Å². The van der Waals surface area contributed by atoms with E-state index in [2.05, 4.69) is 12.2 Å². The first kappa shape index (κ1) is 9.21. The highest BCUT2D eigenvalue weighted by molar-refractivity contribution is 4.91. The van der Waals surface area contributed by atoms with Crippen LogP contribution in [0.2, 0.25) is 0 Å². The van der Waals surface area contributed by atoms with Crippen LogP contribution in [0.4, 0.5) is 0 Å². The summed E-state index contributed by atoms with van der Waals surface area (Å²) in [5.41, 5.74) is 0. The van der Waals surface area contributed by atoms with E-state index in [0.717, 1.165) is 29.6 Å². The Hall–Kier alpha value is -0.0400. The van der Waals surface area contributed by atoms with Gasteiger partial charge in [0.25, 0.3) is 0 Å². The minimum atomic E-state index is 1.02. The zero-order valence-corrected chi connectivity index (χ0v) is 9.34. The predicted octanol–water partition coefficient (Wildman–Crippen LogP) is 2.67. The average Bonchev–Trinajstić information content (AvgIpc) is 2.66. The molecule has 0 aromatic heterocycles. The first-order valence-electron chi connectivity index (χ1n) is 6.53. The van der Waals surface area contributed by atoms with Crippen molar-refractivity contribution >= 4 is 0 Å². The lowest BCUT2D eigenvalue weighted by Gasteiger charge is -2.21. The quantitative estimate of drug-likeness (QED) is 0.724. The highest BCUT2D eigenvalue weighted by Gasteiger charge is 2.39. The molecule has 3 aliphatic carbocycles. The van der Waals surface area contributed by atoms with E-state index in [0.29, 0.717) is 0 Å². The second kappa shape index (κ2) is 3.52. The third-order valence-corrected chi connectivity index (χ3v) is 4.97. The summed E-state index contributed by atoms with van der Waals surface area (Å²) in [5.74, 6) is 5.30. The lowest BCUT2D eigenvalue weighted by molar-refractivity contribution is 0.317. The Bertz CT molecular complexity index is 213. The SMILES string of the molecule is CC1CC1CNCC1CC2CCC1C2. The van der Waals surface area contributed by atoms with Crippen LogP contribution in [-0.2, 0) is 0 Å². The minimum Gasteiger partial charge on any atom is -0.316 e. The van der Waals surface area contributed by atoms with Crippen LogP contribution in [0.1, 0.15) is 39.0 Å². The van der Waals surface area contributed by atoms with Crippen molar-refractivity contribution in [3.63, 3.8) is 0 Å². The Kier molecular flexibility index (Phi) is 2.31. The summed E-state index contributed by atoms with van der Waals surface area (Å²) in [5, 5.41) is 3.70. The Morgan fingerprint density at radius 1 is 1.00 bits per heavy atom. The van der Waals surface area contributed by atoms with Gasteiger partial charge in [-0.05, 0) is 68.4 Å². The normalized spacial score (nSPS) is 49.9. The van der Waals surface area contributed by atoms with E-state index >= 15 is 0 Å². The van der Waals surface area contributed by atoms with Crippen molar-refractivity contribution < 1.29 is 0 Å². The van der Waals surface area contributed by atoms with Gasteiger partial charge in [0.05, 0.1) is 0 Å². The molecule has 3 saturated carbocycles. The molecule has 1 N–H and O–H groups in total. The molecule has 0 radical (unpaired) electrons. The lowest BCUT2D eigenvalue weighted by atomic mass is 9.89. The fraction of sp³-hybridized carbons (Fsp3) is 1.00. The molecule has 1 heteroatoms. The summed E-state index contributed by atoms with van der Waals surface area (Å²) in [4.78, 5) is 0. The van der Waals surface area contributed by atoms with Gasteiger partial charge in [0.1, 0.15) is 0 Å². The molecule has 5 atom stereocenters. The molecule has 2 bridgehead atoms. The van der Waals surface area contributed by atoms with E-state index in [4.69, 9.17) is 0 Å². The van der Waals surface area contributed by atoms with Gasteiger partial charge >= 0.3 is 0 Å². The van der Waals surface area contributed by atoms with Gasteiger partial charge in [-0.2, -0.15) is 0 Å². The standard InChI is InChI=1S/C13H23N/c1-9-4-12(9)7-14-8-13-6-10-2-3-11(13)5-10/h9-14H,2-8H2,1H3. The van der Waals surface area contributed by atoms with Crippen LogP contribution < -0.4 is 5.32 Å². The molecule has 3 aliphatic rings. The molecule has 0 saturated heterocycles. The van der Waals surface area contributed by atoms with E-state index in [-0.39, 0.29) is 0 Å². The van der Waals surface area contributed by atoms with Crippen molar-refractivity contribution in [3.8, 4) is 0 Å². The van der Waals surface area contributed by atoms with Crippen LogP contribution in [0, 0.1) is 29.6 Å². The molecule has 0 spiro atoms. The molecule has 0 aliphatic heterocycles. The maximum absolute atomic E-state index is 3.70. The Morgan fingerprint density at radius 3 is 2.36 bits per heavy atom. The van der Waals surface area contributed by atoms with E-state index < -0.39 is 0 Å². The lowest BCUT2D eigenvalue weighted by Crippen LogP contribution is -2.28. The molecular weight excluding hydrogens is 170 g/mol. The molecule has 14 heavy (non-hydrogen) atoms. The summed E-state index contributed by atoms with van der Waals surface area (Å²) in [7, 11) is 0. The summed E-state index contributed by atoms with van der Waals surface area (Å²) < 4.78 is 0. The van der Waals surface area contributed by atoms with Gasteiger partial charge in [0.2, 0.25) is 0 Å². The summed E-state index contributed by atoms with van der Waals surface area (Å²) in [6, 6.07) is 0. The zero-order valence-electron chi connectivity index (χ0n) is 9.34.